The third-order valence-corrected chi connectivity index (χ3v) is 2.96. The van der Waals surface area contributed by atoms with Crippen LogP contribution in [0.5, 0.6) is 0 Å². The molecular weight excluding hydrogens is 192 g/mol. The topological polar surface area (TPSA) is 0 Å². The summed E-state index contributed by atoms with van der Waals surface area (Å²) in [5.41, 5.74) is 4.29. The van der Waals surface area contributed by atoms with Gasteiger partial charge in [-0.25, -0.2) is 0 Å². The molecule has 2 rings (SSSR count). The zero-order chi connectivity index (χ0) is 11.2. The average Bonchev–Trinajstić information content (AvgIpc) is 2.33. The SMILES string of the molecule is Cc1ccccc1CCCc1cc[c]cc1. The molecule has 0 aliphatic heterocycles. The summed E-state index contributed by atoms with van der Waals surface area (Å²) < 4.78 is 0. The zero-order valence-electron chi connectivity index (χ0n) is 9.74. The number of rotatable bonds is 4. The minimum Gasteiger partial charge on any atom is -0.0620 e. The van der Waals surface area contributed by atoms with Crippen LogP contribution in [-0.2, 0) is 12.8 Å². The van der Waals surface area contributed by atoms with Crippen LogP contribution in [0, 0.1) is 13.0 Å². The van der Waals surface area contributed by atoms with Crippen molar-refractivity contribution in [1.82, 2.24) is 0 Å². The fourth-order valence-corrected chi connectivity index (χ4v) is 1.96. The van der Waals surface area contributed by atoms with Crippen LogP contribution in [0.4, 0.5) is 0 Å². The van der Waals surface area contributed by atoms with Gasteiger partial charge in [0.25, 0.3) is 0 Å². The molecule has 0 saturated heterocycles. The summed E-state index contributed by atoms with van der Waals surface area (Å²) >= 11 is 0. The maximum atomic E-state index is 3.05. The lowest BCUT2D eigenvalue weighted by Crippen LogP contribution is -1.92. The molecule has 0 aromatic heterocycles. The molecule has 1 radical (unpaired) electrons. The standard InChI is InChI=1S/C16H17/c1-14-8-5-6-12-16(14)13-7-11-15-9-3-2-4-10-15/h3-6,8-10,12H,7,11,13H2,1H3. The minimum atomic E-state index is 1.16. The van der Waals surface area contributed by atoms with Gasteiger partial charge in [-0.15, -0.1) is 0 Å². The quantitative estimate of drug-likeness (QED) is 0.714. The first-order valence-corrected chi connectivity index (χ1v) is 5.86. The number of hydrogen-bond donors (Lipinski definition) is 0. The van der Waals surface area contributed by atoms with Crippen molar-refractivity contribution in [3.63, 3.8) is 0 Å². The van der Waals surface area contributed by atoms with Crippen molar-refractivity contribution in [2.24, 2.45) is 0 Å². The van der Waals surface area contributed by atoms with E-state index in [0.717, 1.165) is 6.42 Å². The Hall–Kier alpha value is -1.56. The summed E-state index contributed by atoms with van der Waals surface area (Å²) in [7, 11) is 0. The molecule has 0 atom stereocenters. The highest BCUT2D eigenvalue weighted by atomic mass is 14.0. The normalized spacial score (nSPS) is 10.3. The van der Waals surface area contributed by atoms with E-state index in [1.54, 1.807) is 0 Å². The van der Waals surface area contributed by atoms with E-state index >= 15 is 0 Å². The Bertz CT molecular complexity index is 429. The first-order chi connectivity index (χ1) is 7.86. The van der Waals surface area contributed by atoms with E-state index in [-0.39, 0.29) is 0 Å². The number of aryl methyl sites for hydroxylation is 3. The smallest absolute Gasteiger partial charge is 0.0184 e. The second-order valence-corrected chi connectivity index (χ2v) is 4.19. The van der Waals surface area contributed by atoms with Crippen LogP contribution in [-0.4, -0.2) is 0 Å². The van der Waals surface area contributed by atoms with Gasteiger partial charge in [0.1, 0.15) is 0 Å². The summed E-state index contributed by atoms with van der Waals surface area (Å²) in [5.74, 6) is 0. The second kappa shape index (κ2) is 5.50. The molecule has 0 N–H and O–H groups in total. The van der Waals surface area contributed by atoms with E-state index in [0.29, 0.717) is 0 Å². The van der Waals surface area contributed by atoms with Crippen molar-refractivity contribution in [3.05, 3.63) is 71.3 Å². The van der Waals surface area contributed by atoms with Crippen LogP contribution >= 0.6 is 0 Å². The van der Waals surface area contributed by atoms with Crippen molar-refractivity contribution >= 4 is 0 Å². The highest BCUT2D eigenvalue weighted by Gasteiger charge is 1.97. The summed E-state index contributed by atoms with van der Waals surface area (Å²) in [5, 5.41) is 0. The highest BCUT2D eigenvalue weighted by molar-refractivity contribution is 5.25. The highest BCUT2D eigenvalue weighted by Crippen LogP contribution is 2.11. The van der Waals surface area contributed by atoms with Gasteiger partial charge >= 0.3 is 0 Å². The van der Waals surface area contributed by atoms with E-state index in [4.69, 9.17) is 0 Å². The van der Waals surface area contributed by atoms with Gasteiger partial charge in [0.2, 0.25) is 0 Å². The average molecular weight is 209 g/mol. The molecule has 16 heavy (non-hydrogen) atoms. The fourth-order valence-electron chi connectivity index (χ4n) is 1.96. The predicted molar refractivity (Wildman–Crippen MR) is 68.5 cm³/mol. The van der Waals surface area contributed by atoms with Crippen molar-refractivity contribution in [1.29, 1.82) is 0 Å². The minimum absolute atomic E-state index is 1.16. The van der Waals surface area contributed by atoms with Crippen molar-refractivity contribution in [3.8, 4) is 0 Å². The molecule has 0 bridgehead atoms. The largest absolute Gasteiger partial charge is 0.0620 e. The Labute approximate surface area is 97.9 Å². The van der Waals surface area contributed by atoms with Gasteiger partial charge in [0.15, 0.2) is 0 Å². The first-order valence-electron chi connectivity index (χ1n) is 5.86. The Morgan fingerprint density at radius 2 is 1.69 bits per heavy atom. The Morgan fingerprint density at radius 1 is 0.938 bits per heavy atom. The van der Waals surface area contributed by atoms with Gasteiger partial charge in [-0.1, -0.05) is 48.5 Å². The van der Waals surface area contributed by atoms with Crippen LogP contribution in [0.25, 0.3) is 0 Å². The lowest BCUT2D eigenvalue weighted by Gasteiger charge is -2.05. The van der Waals surface area contributed by atoms with Crippen LogP contribution in [0.15, 0.2) is 48.5 Å². The molecule has 0 fully saturated rings. The first kappa shape index (κ1) is 10.9. The van der Waals surface area contributed by atoms with Crippen LogP contribution in [0.3, 0.4) is 0 Å². The molecular formula is C16H17. The monoisotopic (exact) mass is 209 g/mol. The predicted octanol–water partition coefficient (Wildman–Crippen LogP) is 3.97. The summed E-state index contributed by atoms with van der Waals surface area (Å²) in [6.07, 6.45) is 3.54. The van der Waals surface area contributed by atoms with Gasteiger partial charge < -0.3 is 0 Å². The third kappa shape index (κ3) is 2.96. The van der Waals surface area contributed by atoms with E-state index in [1.807, 2.05) is 12.1 Å². The molecule has 0 aliphatic carbocycles. The van der Waals surface area contributed by atoms with E-state index in [9.17, 15) is 0 Å². The molecule has 2 aromatic carbocycles. The third-order valence-electron chi connectivity index (χ3n) is 2.96. The molecule has 0 heteroatoms. The molecule has 2 aromatic rings. The molecule has 0 heterocycles. The number of hydrogen-bond acceptors (Lipinski definition) is 0. The Balaban J connectivity index is 1.87. The van der Waals surface area contributed by atoms with Gasteiger partial charge in [-0.3, -0.25) is 0 Å². The van der Waals surface area contributed by atoms with Gasteiger partial charge in [-0.2, -0.15) is 0 Å². The Kier molecular flexibility index (Phi) is 3.76. The molecule has 0 saturated carbocycles. The zero-order valence-corrected chi connectivity index (χ0v) is 9.74. The van der Waals surface area contributed by atoms with Crippen molar-refractivity contribution in [2.75, 3.05) is 0 Å². The summed E-state index contributed by atoms with van der Waals surface area (Å²) in [4.78, 5) is 0. The summed E-state index contributed by atoms with van der Waals surface area (Å²) in [6, 6.07) is 20.0. The molecule has 0 spiro atoms. The van der Waals surface area contributed by atoms with Crippen LogP contribution < -0.4 is 0 Å². The lowest BCUT2D eigenvalue weighted by atomic mass is 10.0. The molecule has 0 nitrogen and oxygen atoms in total. The van der Waals surface area contributed by atoms with Crippen LogP contribution in [0.1, 0.15) is 23.1 Å². The Morgan fingerprint density at radius 3 is 2.44 bits per heavy atom. The maximum absolute atomic E-state index is 3.05. The van der Waals surface area contributed by atoms with E-state index in [1.165, 1.54) is 29.5 Å². The molecule has 0 amide bonds. The van der Waals surface area contributed by atoms with E-state index in [2.05, 4.69) is 49.4 Å². The fraction of sp³-hybridized carbons (Fsp3) is 0.250. The van der Waals surface area contributed by atoms with E-state index < -0.39 is 0 Å². The van der Waals surface area contributed by atoms with Gasteiger partial charge in [0, 0.05) is 0 Å². The van der Waals surface area contributed by atoms with Gasteiger partial charge in [0.05, 0.1) is 0 Å². The van der Waals surface area contributed by atoms with Crippen molar-refractivity contribution < 1.29 is 0 Å². The molecule has 0 unspecified atom stereocenters. The summed E-state index contributed by atoms with van der Waals surface area (Å²) in [6.45, 7) is 2.19. The number of benzene rings is 2. The van der Waals surface area contributed by atoms with Gasteiger partial charge in [-0.05, 0) is 48.9 Å². The molecule has 0 aliphatic rings. The second-order valence-electron chi connectivity index (χ2n) is 4.19. The maximum Gasteiger partial charge on any atom is -0.0184 e. The molecule has 81 valence electrons. The van der Waals surface area contributed by atoms with Crippen LogP contribution in [0.2, 0.25) is 0 Å². The lowest BCUT2D eigenvalue weighted by molar-refractivity contribution is 0.816. The van der Waals surface area contributed by atoms with Crippen molar-refractivity contribution in [2.45, 2.75) is 26.2 Å².